The van der Waals surface area contributed by atoms with Gasteiger partial charge in [-0.1, -0.05) is 25.1 Å². The Morgan fingerprint density at radius 2 is 2.14 bits per heavy atom. The first kappa shape index (κ1) is 16.6. The maximum atomic E-state index is 12.8. The lowest BCUT2D eigenvalue weighted by Gasteiger charge is -2.35. The molecule has 1 aliphatic rings. The zero-order valence-corrected chi connectivity index (χ0v) is 12.7. The van der Waals surface area contributed by atoms with Crippen LogP contribution in [0.25, 0.3) is 5.57 Å². The lowest BCUT2D eigenvalue weighted by molar-refractivity contribution is -0.137. The Bertz CT molecular complexity index is 599. The molecule has 0 radical (unpaired) electrons. The molecule has 0 saturated heterocycles. The number of nitriles is 1. The molecule has 0 bridgehead atoms. The topological polar surface area (TPSA) is 27.0 Å². The molecule has 1 aromatic rings. The maximum Gasteiger partial charge on any atom is 0.416 e. The van der Waals surface area contributed by atoms with Crippen molar-refractivity contribution in [1.29, 1.82) is 5.26 Å². The van der Waals surface area contributed by atoms with E-state index in [1.54, 1.807) is 6.07 Å². The van der Waals surface area contributed by atoms with Crippen molar-refractivity contribution in [1.82, 2.24) is 4.90 Å². The monoisotopic (exact) mass is 308 g/mol. The van der Waals surface area contributed by atoms with Crippen LogP contribution in [0, 0.1) is 17.2 Å². The molecule has 0 aliphatic carbocycles. The molecule has 22 heavy (non-hydrogen) atoms. The highest BCUT2D eigenvalue weighted by molar-refractivity contribution is 5.67. The Kier molecular flexibility index (Phi) is 4.92. The predicted molar refractivity (Wildman–Crippen MR) is 79.9 cm³/mol. The van der Waals surface area contributed by atoms with E-state index in [0.717, 1.165) is 18.1 Å². The second-order valence-electron chi connectivity index (χ2n) is 5.66. The van der Waals surface area contributed by atoms with E-state index in [2.05, 4.69) is 11.0 Å². The van der Waals surface area contributed by atoms with Crippen molar-refractivity contribution < 1.29 is 13.2 Å². The first-order chi connectivity index (χ1) is 10.4. The second kappa shape index (κ2) is 6.53. The van der Waals surface area contributed by atoms with Crippen LogP contribution in [0.3, 0.4) is 0 Å². The maximum absolute atomic E-state index is 12.8. The van der Waals surface area contributed by atoms with Crippen molar-refractivity contribution in [2.45, 2.75) is 32.0 Å². The number of likely N-dealkylation sites (N-methyl/N-ethyl adjacent to an activating group) is 1. The van der Waals surface area contributed by atoms with E-state index in [-0.39, 0.29) is 12.0 Å². The molecule has 118 valence electrons. The lowest BCUT2D eigenvalue weighted by atomic mass is 9.86. The van der Waals surface area contributed by atoms with Crippen LogP contribution in [0.2, 0.25) is 0 Å². The molecule has 2 rings (SSSR count). The second-order valence-corrected chi connectivity index (χ2v) is 5.66. The Balaban J connectivity index is 2.28. The fraction of sp³-hybridized carbons (Fsp3) is 0.471. The van der Waals surface area contributed by atoms with Crippen molar-refractivity contribution in [3.63, 3.8) is 0 Å². The van der Waals surface area contributed by atoms with Gasteiger partial charge < -0.3 is 0 Å². The number of halogens is 3. The van der Waals surface area contributed by atoms with E-state index >= 15 is 0 Å². The molecule has 1 aliphatic heterocycles. The molecule has 1 aromatic carbocycles. The van der Waals surface area contributed by atoms with Crippen LogP contribution < -0.4 is 0 Å². The third-order valence-electron chi connectivity index (χ3n) is 4.25. The van der Waals surface area contributed by atoms with Crippen molar-refractivity contribution in [2.75, 3.05) is 13.6 Å². The lowest BCUT2D eigenvalue weighted by Crippen LogP contribution is -2.40. The van der Waals surface area contributed by atoms with Crippen molar-refractivity contribution >= 4 is 5.57 Å². The summed E-state index contributed by atoms with van der Waals surface area (Å²) in [5.74, 6) is -0.112. The van der Waals surface area contributed by atoms with Crippen molar-refractivity contribution in [3.8, 4) is 6.07 Å². The summed E-state index contributed by atoms with van der Waals surface area (Å²) >= 11 is 0. The van der Waals surface area contributed by atoms with Gasteiger partial charge >= 0.3 is 6.18 Å². The molecule has 0 amide bonds. The van der Waals surface area contributed by atoms with Gasteiger partial charge in [0.2, 0.25) is 0 Å². The van der Waals surface area contributed by atoms with Gasteiger partial charge in [-0.15, -0.1) is 0 Å². The van der Waals surface area contributed by atoms with E-state index < -0.39 is 11.7 Å². The number of benzene rings is 1. The number of hydrogen-bond donors (Lipinski definition) is 0. The van der Waals surface area contributed by atoms with Crippen LogP contribution in [0.4, 0.5) is 13.2 Å². The van der Waals surface area contributed by atoms with Gasteiger partial charge in [0.1, 0.15) is 0 Å². The van der Waals surface area contributed by atoms with Crippen molar-refractivity contribution in [3.05, 3.63) is 41.5 Å². The largest absolute Gasteiger partial charge is 0.416 e. The van der Waals surface area contributed by atoms with Crippen LogP contribution >= 0.6 is 0 Å². The molecular formula is C17H19F3N2. The molecule has 2 unspecified atom stereocenters. The quantitative estimate of drug-likeness (QED) is 0.830. The van der Waals surface area contributed by atoms with Crippen LogP contribution in [-0.2, 0) is 6.18 Å². The number of nitrogens with zero attached hydrogens (tertiary/aromatic N) is 2. The number of alkyl halides is 3. The summed E-state index contributed by atoms with van der Waals surface area (Å²) in [6.07, 6.45) is -1.04. The molecule has 0 fully saturated rings. The fourth-order valence-corrected chi connectivity index (χ4v) is 2.88. The Hall–Kier alpha value is -1.80. The molecule has 5 heteroatoms. The van der Waals surface area contributed by atoms with Gasteiger partial charge in [-0.3, -0.25) is 4.90 Å². The summed E-state index contributed by atoms with van der Waals surface area (Å²) in [6, 6.07) is 7.78. The minimum Gasteiger partial charge on any atom is -0.298 e. The van der Waals surface area contributed by atoms with Gasteiger partial charge in [-0.2, -0.15) is 18.4 Å². The third-order valence-corrected chi connectivity index (χ3v) is 4.25. The van der Waals surface area contributed by atoms with E-state index in [1.807, 2.05) is 20.0 Å². The molecule has 0 N–H and O–H groups in total. The highest BCUT2D eigenvalue weighted by Crippen LogP contribution is 2.34. The molecule has 0 spiro atoms. The normalized spacial score (nSPS) is 21.1. The van der Waals surface area contributed by atoms with E-state index in [9.17, 15) is 18.4 Å². The van der Waals surface area contributed by atoms with E-state index in [0.29, 0.717) is 18.5 Å². The van der Waals surface area contributed by atoms with Crippen molar-refractivity contribution in [2.24, 2.45) is 5.92 Å². The summed E-state index contributed by atoms with van der Waals surface area (Å²) in [5.41, 5.74) is 0.859. The molecule has 1 heterocycles. The summed E-state index contributed by atoms with van der Waals surface area (Å²) in [5, 5.41) is 9.26. The van der Waals surface area contributed by atoms with Crippen LogP contribution in [0.5, 0.6) is 0 Å². The standard InChI is InChI=1S/C17H19F3N2/c1-3-12(11-21)16-10-14(7-8-22(16)2)13-5-4-6-15(9-13)17(18,19)20/h4-7,9,12,16H,3,8,10H2,1-2H3. The van der Waals surface area contributed by atoms with Gasteiger partial charge in [-0.05, 0) is 43.2 Å². The molecule has 0 saturated carbocycles. The van der Waals surface area contributed by atoms with Crippen LogP contribution in [-0.4, -0.2) is 24.5 Å². The summed E-state index contributed by atoms with van der Waals surface area (Å²) in [4.78, 5) is 2.09. The Morgan fingerprint density at radius 1 is 1.41 bits per heavy atom. The summed E-state index contributed by atoms with van der Waals surface area (Å²) in [6.45, 7) is 2.61. The zero-order chi connectivity index (χ0) is 16.3. The minimum absolute atomic E-state index is 0.0459. The Labute approximate surface area is 128 Å². The third kappa shape index (κ3) is 3.50. The van der Waals surface area contributed by atoms with Gasteiger partial charge in [0.05, 0.1) is 17.6 Å². The number of hydrogen-bond acceptors (Lipinski definition) is 2. The van der Waals surface area contributed by atoms with Gasteiger partial charge in [0, 0.05) is 12.6 Å². The van der Waals surface area contributed by atoms with Gasteiger partial charge in [-0.25, -0.2) is 0 Å². The summed E-state index contributed by atoms with van der Waals surface area (Å²) < 4.78 is 38.5. The minimum atomic E-state index is -4.33. The molecule has 2 nitrogen and oxygen atoms in total. The van der Waals surface area contributed by atoms with E-state index in [4.69, 9.17) is 0 Å². The SMILES string of the molecule is CCC(C#N)C1CC(c2cccc(C(F)(F)F)c2)=CCN1C. The average molecular weight is 308 g/mol. The smallest absolute Gasteiger partial charge is 0.298 e. The Morgan fingerprint density at radius 3 is 2.73 bits per heavy atom. The fourth-order valence-electron chi connectivity index (χ4n) is 2.88. The van der Waals surface area contributed by atoms with Crippen LogP contribution in [0.1, 0.15) is 30.9 Å². The highest BCUT2D eigenvalue weighted by Gasteiger charge is 2.32. The van der Waals surface area contributed by atoms with Gasteiger partial charge in [0.15, 0.2) is 0 Å². The highest BCUT2D eigenvalue weighted by atomic mass is 19.4. The molecule has 2 atom stereocenters. The number of rotatable bonds is 3. The van der Waals surface area contributed by atoms with Gasteiger partial charge in [0.25, 0.3) is 0 Å². The average Bonchev–Trinajstić information content (AvgIpc) is 2.49. The summed E-state index contributed by atoms with van der Waals surface area (Å²) in [7, 11) is 1.95. The first-order valence-electron chi connectivity index (χ1n) is 7.33. The first-order valence-corrected chi connectivity index (χ1v) is 7.33. The zero-order valence-electron chi connectivity index (χ0n) is 12.7. The van der Waals surface area contributed by atoms with E-state index in [1.165, 1.54) is 12.1 Å². The predicted octanol–water partition coefficient (Wildman–Crippen LogP) is 4.34. The molecular weight excluding hydrogens is 289 g/mol. The molecule has 0 aromatic heterocycles. The van der Waals surface area contributed by atoms with Crippen LogP contribution in [0.15, 0.2) is 30.3 Å².